The van der Waals surface area contributed by atoms with E-state index in [0.29, 0.717) is 6.41 Å². The summed E-state index contributed by atoms with van der Waals surface area (Å²) in [5.41, 5.74) is 0. The molecule has 1 aliphatic heterocycles. The van der Waals surface area contributed by atoms with Crippen LogP contribution in [0.15, 0.2) is 36.8 Å². The Morgan fingerprint density at radius 2 is 2.54 bits per heavy atom. The van der Waals surface area contributed by atoms with Crippen molar-refractivity contribution in [2.45, 2.75) is 13.0 Å². The standard InChI is InChI=1S/C10H13NO2/c1-3-9(11-7-12)8-5-6-13-10(8)4-2/h3-9H,1H2,2H3,(H,11,12)/b10-4+. The smallest absolute Gasteiger partial charge is 0.207 e. The molecule has 0 aliphatic carbocycles. The van der Waals surface area contributed by atoms with Crippen molar-refractivity contribution >= 4 is 6.41 Å². The molecule has 0 radical (unpaired) electrons. The van der Waals surface area contributed by atoms with Crippen LogP contribution in [0.5, 0.6) is 0 Å². The largest absolute Gasteiger partial charge is 0.469 e. The quantitative estimate of drug-likeness (QED) is 0.522. The molecule has 0 fully saturated rings. The third-order valence-electron chi connectivity index (χ3n) is 2.00. The summed E-state index contributed by atoms with van der Waals surface area (Å²) in [6.45, 7) is 5.55. The van der Waals surface area contributed by atoms with Gasteiger partial charge in [-0.05, 0) is 19.1 Å². The van der Waals surface area contributed by atoms with Crippen LogP contribution in [0.3, 0.4) is 0 Å². The lowest BCUT2D eigenvalue weighted by Crippen LogP contribution is -2.32. The molecule has 0 aromatic rings. The highest BCUT2D eigenvalue weighted by Crippen LogP contribution is 2.24. The number of amides is 1. The van der Waals surface area contributed by atoms with E-state index in [-0.39, 0.29) is 12.0 Å². The fraction of sp³-hybridized carbons (Fsp3) is 0.300. The number of allylic oxidation sites excluding steroid dienone is 1. The first kappa shape index (κ1) is 9.58. The van der Waals surface area contributed by atoms with Crippen LogP contribution in [0.2, 0.25) is 0 Å². The third kappa shape index (κ3) is 1.99. The van der Waals surface area contributed by atoms with Crippen LogP contribution in [0.25, 0.3) is 0 Å². The molecule has 3 nitrogen and oxygen atoms in total. The molecule has 13 heavy (non-hydrogen) atoms. The molecule has 1 rings (SSSR count). The number of hydrogen-bond acceptors (Lipinski definition) is 2. The lowest BCUT2D eigenvalue weighted by molar-refractivity contribution is -0.110. The van der Waals surface area contributed by atoms with Crippen molar-refractivity contribution in [1.82, 2.24) is 5.32 Å². The van der Waals surface area contributed by atoms with Gasteiger partial charge in [-0.3, -0.25) is 4.79 Å². The van der Waals surface area contributed by atoms with Gasteiger partial charge >= 0.3 is 0 Å². The van der Waals surface area contributed by atoms with E-state index in [1.807, 2.05) is 19.1 Å². The van der Waals surface area contributed by atoms with Crippen LogP contribution >= 0.6 is 0 Å². The number of carbonyl (C=O) groups is 1. The molecule has 1 heterocycles. The van der Waals surface area contributed by atoms with E-state index in [4.69, 9.17) is 4.74 Å². The number of nitrogens with one attached hydrogen (secondary N) is 1. The Hall–Kier alpha value is -1.51. The van der Waals surface area contributed by atoms with Gasteiger partial charge in [0.25, 0.3) is 0 Å². The molecule has 1 N–H and O–H groups in total. The lowest BCUT2D eigenvalue weighted by atomic mass is 9.98. The van der Waals surface area contributed by atoms with Gasteiger partial charge < -0.3 is 10.1 Å². The van der Waals surface area contributed by atoms with Crippen LogP contribution in [-0.4, -0.2) is 12.5 Å². The summed E-state index contributed by atoms with van der Waals surface area (Å²) in [7, 11) is 0. The first-order chi connectivity index (χ1) is 6.33. The monoisotopic (exact) mass is 179 g/mol. The van der Waals surface area contributed by atoms with E-state index >= 15 is 0 Å². The average Bonchev–Trinajstić information content (AvgIpc) is 2.61. The first-order valence-electron chi connectivity index (χ1n) is 4.15. The van der Waals surface area contributed by atoms with Crippen molar-refractivity contribution < 1.29 is 9.53 Å². The zero-order chi connectivity index (χ0) is 9.68. The maximum absolute atomic E-state index is 10.3. The van der Waals surface area contributed by atoms with E-state index in [0.717, 1.165) is 5.76 Å². The second kappa shape index (κ2) is 4.50. The van der Waals surface area contributed by atoms with Crippen molar-refractivity contribution in [3.05, 3.63) is 36.8 Å². The topological polar surface area (TPSA) is 38.3 Å². The SMILES string of the molecule is C=CC(NC=O)C1C=CO/C1=C/C. The van der Waals surface area contributed by atoms with Crippen molar-refractivity contribution in [3.8, 4) is 0 Å². The highest BCUT2D eigenvalue weighted by atomic mass is 16.5. The Balaban J connectivity index is 2.72. The summed E-state index contributed by atoms with van der Waals surface area (Å²) in [5.74, 6) is 0.923. The highest BCUT2D eigenvalue weighted by molar-refractivity contribution is 5.48. The molecule has 3 heteroatoms. The van der Waals surface area contributed by atoms with Crippen LogP contribution in [0.4, 0.5) is 0 Å². The summed E-state index contributed by atoms with van der Waals surface area (Å²) in [5, 5.41) is 2.67. The molecule has 2 atom stereocenters. The number of hydrogen-bond donors (Lipinski definition) is 1. The lowest BCUT2D eigenvalue weighted by Gasteiger charge is -2.17. The molecule has 0 spiro atoms. The van der Waals surface area contributed by atoms with Crippen molar-refractivity contribution in [1.29, 1.82) is 0 Å². The summed E-state index contributed by atoms with van der Waals surface area (Å²) in [6.07, 6.45) is 7.78. The van der Waals surface area contributed by atoms with Gasteiger partial charge in [-0.2, -0.15) is 0 Å². The average molecular weight is 179 g/mol. The van der Waals surface area contributed by atoms with Gasteiger partial charge in [0.1, 0.15) is 5.76 Å². The fourth-order valence-electron chi connectivity index (χ4n) is 1.33. The van der Waals surface area contributed by atoms with Gasteiger partial charge in [0.2, 0.25) is 6.41 Å². The summed E-state index contributed by atoms with van der Waals surface area (Å²) in [6, 6.07) is -0.0950. The predicted octanol–water partition coefficient (Wildman–Crippen LogP) is 1.35. The maximum Gasteiger partial charge on any atom is 0.207 e. The fourth-order valence-corrected chi connectivity index (χ4v) is 1.33. The third-order valence-corrected chi connectivity index (χ3v) is 2.00. The van der Waals surface area contributed by atoms with Gasteiger partial charge in [-0.15, -0.1) is 6.58 Å². The molecule has 1 amide bonds. The molecule has 0 saturated carbocycles. The molecular weight excluding hydrogens is 166 g/mol. The van der Waals surface area contributed by atoms with Gasteiger partial charge in [0.05, 0.1) is 18.2 Å². The predicted molar refractivity (Wildman–Crippen MR) is 50.7 cm³/mol. The van der Waals surface area contributed by atoms with E-state index in [9.17, 15) is 4.79 Å². The molecule has 0 aromatic heterocycles. The zero-order valence-electron chi connectivity index (χ0n) is 7.57. The van der Waals surface area contributed by atoms with E-state index in [1.54, 1.807) is 12.3 Å². The number of rotatable bonds is 4. The normalized spacial score (nSPS) is 25.3. The molecule has 0 bridgehead atoms. The minimum absolute atomic E-state index is 0.0766. The van der Waals surface area contributed by atoms with Crippen LogP contribution in [0, 0.1) is 5.92 Å². The van der Waals surface area contributed by atoms with E-state index in [2.05, 4.69) is 11.9 Å². The summed E-state index contributed by atoms with van der Waals surface area (Å²) < 4.78 is 5.22. The molecule has 70 valence electrons. The van der Waals surface area contributed by atoms with Crippen LogP contribution in [0.1, 0.15) is 6.92 Å². The Bertz CT molecular complexity index is 256. The summed E-state index contributed by atoms with van der Waals surface area (Å²) in [4.78, 5) is 10.3. The Morgan fingerprint density at radius 1 is 1.77 bits per heavy atom. The first-order valence-corrected chi connectivity index (χ1v) is 4.15. The molecule has 0 aromatic carbocycles. The Morgan fingerprint density at radius 3 is 3.08 bits per heavy atom. The Labute approximate surface area is 77.8 Å². The van der Waals surface area contributed by atoms with Crippen LogP contribution in [-0.2, 0) is 9.53 Å². The minimum atomic E-state index is -0.0950. The maximum atomic E-state index is 10.3. The highest BCUT2D eigenvalue weighted by Gasteiger charge is 2.24. The number of carbonyl (C=O) groups excluding carboxylic acids is 1. The van der Waals surface area contributed by atoms with Crippen molar-refractivity contribution in [2.75, 3.05) is 0 Å². The van der Waals surface area contributed by atoms with Gasteiger partial charge in [0.15, 0.2) is 0 Å². The number of ether oxygens (including phenoxy) is 1. The molecule has 1 aliphatic rings. The Kier molecular flexibility index (Phi) is 3.31. The van der Waals surface area contributed by atoms with Gasteiger partial charge in [-0.25, -0.2) is 0 Å². The van der Waals surface area contributed by atoms with Crippen molar-refractivity contribution in [2.24, 2.45) is 5.92 Å². The van der Waals surface area contributed by atoms with Gasteiger partial charge in [-0.1, -0.05) is 6.08 Å². The van der Waals surface area contributed by atoms with Gasteiger partial charge in [0, 0.05) is 0 Å². The second-order valence-corrected chi connectivity index (χ2v) is 2.71. The zero-order valence-corrected chi connectivity index (χ0v) is 7.57. The van der Waals surface area contributed by atoms with Crippen LogP contribution < -0.4 is 5.32 Å². The van der Waals surface area contributed by atoms with E-state index in [1.165, 1.54) is 0 Å². The summed E-state index contributed by atoms with van der Waals surface area (Å²) >= 11 is 0. The molecule has 0 saturated heterocycles. The molecule has 2 unspecified atom stereocenters. The van der Waals surface area contributed by atoms with E-state index < -0.39 is 0 Å². The second-order valence-electron chi connectivity index (χ2n) is 2.71. The van der Waals surface area contributed by atoms with Crippen molar-refractivity contribution in [3.63, 3.8) is 0 Å². The minimum Gasteiger partial charge on any atom is -0.469 e. The molecular formula is C10H13NO2.